The monoisotopic (exact) mass is 329 g/mol. The fraction of sp³-hybridized carbons (Fsp3) is 0.214. The van der Waals surface area contributed by atoms with Crippen molar-refractivity contribution in [3.05, 3.63) is 46.9 Å². The fourth-order valence-corrected chi connectivity index (χ4v) is 2.59. The molecule has 0 aliphatic rings. The normalized spacial score (nSPS) is 10.5. The minimum absolute atomic E-state index is 0.315. The highest BCUT2D eigenvalue weighted by molar-refractivity contribution is 7.09. The van der Waals surface area contributed by atoms with Gasteiger partial charge in [0.15, 0.2) is 0 Å². The van der Waals surface area contributed by atoms with Gasteiger partial charge in [0.25, 0.3) is 0 Å². The maximum absolute atomic E-state index is 11.9. The molecule has 0 aliphatic carbocycles. The van der Waals surface area contributed by atoms with Crippen LogP contribution in [0, 0.1) is 0 Å². The number of thiazole rings is 1. The van der Waals surface area contributed by atoms with Crippen LogP contribution in [-0.4, -0.2) is 30.8 Å². The predicted molar refractivity (Wildman–Crippen MR) is 86.5 cm³/mol. The number of hydrogen-bond donors (Lipinski definition) is 2. The highest BCUT2D eigenvalue weighted by Crippen LogP contribution is 2.10. The number of rotatable bonds is 5. The quantitative estimate of drug-likeness (QED) is 0.746. The molecule has 3 rings (SSSR count). The Morgan fingerprint density at radius 1 is 1.35 bits per heavy atom. The van der Waals surface area contributed by atoms with Crippen LogP contribution in [-0.2, 0) is 13.0 Å². The summed E-state index contributed by atoms with van der Waals surface area (Å²) in [7, 11) is 0. The lowest BCUT2D eigenvalue weighted by molar-refractivity contribution is 0.251. The van der Waals surface area contributed by atoms with Crippen molar-refractivity contribution in [1.29, 1.82) is 0 Å². The summed E-state index contributed by atoms with van der Waals surface area (Å²) in [4.78, 5) is 24.5. The zero-order valence-electron chi connectivity index (χ0n) is 12.4. The zero-order valence-corrected chi connectivity index (χ0v) is 13.2. The largest absolute Gasteiger partial charge is 0.332 e. The van der Waals surface area contributed by atoms with Crippen molar-refractivity contribution in [3.8, 4) is 5.95 Å². The molecule has 0 atom stereocenters. The van der Waals surface area contributed by atoms with E-state index in [2.05, 4.69) is 37.6 Å². The van der Waals surface area contributed by atoms with E-state index in [4.69, 9.17) is 0 Å². The van der Waals surface area contributed by atoms with E-state index in [0.29, 0.717) is 18.2 Å². The van der Waals surface area contributed by atoms with Gasteiger partial charge in [0.1, 0.15) is 0 Å². The Morgan fingerprint density at radius 2 is 2.17 bits per heavy atom. The van der Waals surface area contributed by atoms with Gasteiger partial charge in [-0.3, -0.25) is 0 Å². The van der Waals surface area contributed by atoms with Crippen LogP contribution >= 0.6 is 11.3 Å². The summed E-state index contributed by atoms with van der Waals surface area (Å²) < 4.78 is 1.49. The first-order valence-electron chi connectivity index (χ1n) is 7.05. The summed E-state index contributed by atoms with van der Waals surface area (Å²) in [5.41, 5.74) is 1.41. The van der Waals surface area contributed by atoms with E-state index < -0.39 is 0 Å². The van der Waals surface area contributed by atoms with E-state index in [0.717, 1.165) is 17.1 Å². The topological polar surface area (TPSA) is 97.6 Å². The van der Waals surface area contributed by atoms with Gasteiger partial charge in [-0.05, 0) is 12.5 Å². The van der Waals surface area contributed by atoms with Gasteiger partial charge in [0, 0.05) is 17.8 Å². The maximum Gasteiger partial charge on any atom is 0.319 e. The second-order valence-corrected chi connectivity index (χ2v) is 5.56. The Balaban J connectivity index is 1.55. The van der Waals surface area contributed by atoms with Gasteiger partial charge >= 0.3 is 6.03 Å². The van der Waals surface area contributed by atoms with Gasteiger partial charge in [-0.1, -0.05) is 6.92 Å². The van der Waals surface area contributed by atoms with Gasteiger partial charge in [0.05, 0.1) is 35.3 Å². The van der Waals surface area contributed by atoms with Crippen molar-refractivity contribution >= 4 is 23.1 Å². The molecule has 0 spiro atoms. The average molecular weight is 329 g/mol. The summed E-state index contributed by atoms with van der Waals surface area (Å²) in [6, 6.07) is 1.41. The summed E-state index contributed by atoms with van der Waals surface area (Å²) in [6.07, 6.45) is 7.34. The molecular weight excluding hydrogens is 314 g/mol. The van der Waals surface area contributed by atoms with Crippen LogP contribution in [0.3, 0.4) is 0 Å². The Hall–Kier alpha value is -2.81. The average Bonchev–Trinajstić information content (AvgIpc) is 3.23. The van der Waals surface area contributed by atoms with Gasteiger partial charge in [0.2, 0.25) is 5.95 Å². The standard InChI is InChI=1S/C14H15N7OS/c1-2-12-19-11(9-23-12)6-17-14(22)20-10-7-18-21(8-10)13-15-4-3-5-16-13/h3-5,7-9H,2,6H2,1H3,(H2,17,20,22). The number of amides is 2. The number of anilines is 1. The summed E-state index contributed by atoms with van der Waals surface area (Å²) in [6.45, 7) is 2.44. The van der Waals surface area contributed by atoms with Crippen LogP contribution in [0.1, 0.15) is 17.6 Å². The second-order valence-electron chi connectivity index (χ2n) is 4.62. The van der Waals surface area contributed by atoms with Crippen molar-refractivity contribution in [1.82, 2.24) is 30.0 Å². The van der Waals surface area contributed by atoms with Crippen LogP contribution in [0.25, 0.3) is 5.95 Å². The smallest absolute Gasteiger partial charge is 0.319 e. The highest BCUT2D eigenvalue weighted by atomic mass is 32.1. The number of nitrogens with one attached hydrogen (secondary N) is 2. The molecule has 0 fully saturated rings. The predicted octanol–water partition coefficient (Wildman–Crippen LogP) is 2.00. The number of aromatic nitrogens is 5. The number of urea groups is 1. The minimum Gasteiger partial charge on any atom is -0.332 e. The molecule has 3 heterocycles. The van der Waals surface area contributed by atoms with Crippen LogP contribution in [0.4, 0.5) is 10.5 Å². The van der Waals surface area contributed by atoms with Crippen molar-refractivity contribution < 1.29 is 4.79 Å². The first kappa shape index (κ1) is 15.1. The number of carbonyl (C=O) groups is 1. The Morgan fingerprint density at radius 3 is 2.91 bits per heavy atom. The maximum atomic E-state index is 11.9. The van der Waals surface area contributed by atoms with E-state index in [1.54, 1.807) is 36.0 Å². The van der Waals surface area contributed by atoms with Crippen LogP contribution in [0.15, 0.2) is 36.2 Å². The van der Waals surface area contributed by atoms with Crippen molar-refractivity contribution in [2.75, 3.05) is 5.32 Å². The third kappa shape index (κ3) is 3.89. The Kier molecular flexibility index (Phi) is 4.57. The van der Waals surface area contributed by atoms with Crippen LogP contribution in [0.5, 0.6) is 0 Å². The molecule has 118 valence electrons. The van der Waals surface area contributed by atoms with Crippen molar-refractivity contribution in [2.45, 2.75) is 19.9 Å². The molecule has 0 saturated carbocycles. The zero-order chi connectivity index (χ0) is 16.1. The van der Waals surface area contributed by atoms with E-state index in [1.807, 2.05) is 5.38 Å². The first-order valence-corrected chi connectivity index (χ1v) is 7.92. The number of carbonyl (C=O) groups excluding carboxylic acids is 1. The third-order valence-electron chi connectivity index (χ3n) is 2.93. The van der Waals surface area contributed by atoms with Gasteiger partial charge in [-0.15, -0.1) is 11.3 Å². The first-order chi connectivity index (χ1) is 11.2. The van der Waals surface area contributed by atoms with E-state index in [-0.39, 0.29) is 6.03 Å². The third-order valence-corrected chi connectivity index (χ3v) is 3.97. The minimum atomic E-state index is -0.315. The van der Waals surface area contributed by atoms with Crippen molar-refractivity contribution in [2.24, 2.45) is 0 Å². The Labute approximate surface area is 136 Å². The van der Waals surface area contributed by atoms with Crippen LogP contribution < -0.4 is 10.6 Å². The molecule has 8 nitrogen and oxygen atoms in total. The molecule has 3 aromatic heterocycles. The van der Waals surface area contributed by atoms with Crippen molar-refractivity contribution in [3.63, 3.8) is 0 Å². The SMILES string of the molecule is CCc1nc(CNC(=O)Nc2cnn(-c3ncccn3)c2)cs1. The van der Waals surface area contributed by atoms with Gasteiger partial charge in [-0.2, -0.15) is 5.10 Å². The van der Waals surface area contributed by atoms with Gasteiger partial charge in [-0.25, -0.2) is 24.4 Å². The molecule has 23 heavy (non-hydrogen) atoms. The molecule has 0 radical (unpaired) electrons. The molecule has 0 unspecified atom stereocenters. The summed E-state index contributed by atoms with van der Waals surface area (Å²) in [5.74, 6) is 0.440. The molecule has 3 aromatic rings. The molecule has 0 aliphatic heterocycles. The lowest BCUT2D eigenvalue weighted by Crippen LogP contribution is -2.28. The van der Waals surface area contributed by atoms with Gasteiger partial charge < -0.3 is 10.6 Å². The lowest BCUT2D eigenvalue weighted by atomic mass is 10.4. The number of nitrogens with zero attached hydrogens (tertiary/aromatic N) is 5. The molecule has 2 amide bonds. The lowest BCUT2D eigenvalue weighted by Gasteiger charge is -2.03. The number of hydrogen-bond acceptors (Lipinski definition) is 6. The second kappa shape index (κ2) is 6.97. The fourth-order valence-electron chi connectivity index (χ4n) is 1.84. The summed E-state index contributed by atoms with van der Waals surface area (Å²) in [5, 5.41) is 12.6. The molecule has 2 N–H and O–H groups in total. The molecule has 0 aromatic carbocycles. The molecular formula is C14H15N7OS. The number of aryl methyl sites for hydroxylation is 1. The Bertz CT molecular complexity index is 783. The molecule has 0 bridgehead atoms. The molecule has 0 saturated heterocycles. The summed E-state index contributed by atoms with van der Waals surface area (Å²) >= 11 is 1.60. The highest BCUT2D eigenvalue weighted by Gasteiger charge is 2.07. The molecule has 9 heteroatoms. The van der Waals surface area contributed by atoms with E-state index >= 15 is 0 Å². The van der Waals surface area contributed by atoms with Crippen LogP contribution in [0.2, 0.25) is 0 Å². The van der Waals surface area contributed by atoms with E-state index in [9.17, 15) is 4.79 Å². The van der Waals surface area contributed by atoms with E-state index in [1.165, 1.54) is 10.9 Å².